The van der Waals surface area contributed by atoms with Gasteiger partial charge in [0, 0.05) is 13.1 Å². The number of hydrogen-bond donors (Lipinski definition) is 0. The fourth-order valence-electron chi connectivity index (χ4n) is 2.83. The summed E-state index contributed by atoms with van der Waals surface area (Å²) in [5.74, 6) is -0.535. The molecule has 27 heavy (non-hydrogen) atoms. The lowest BCUT2D eigenvalue weighted by molar-refractivity contribution is 0.0471. The average Bonchev–Trinajstić information content (AvgIpc) is 2.68. The standard InChI is InChI=1S/C20H23NO5S/c1-15-3-6-17(7-4-15)14-26-20(22)19-13-18(8-5-16(19)2)27(23,24)21-9-11-25-12-10-21/h3-8,13H,9-12,14H2,1-2H3. The number of aryl methyl sites for hydroxylation is 2. The molecule has 0 atom stereocenters. The molecule has 2 aromatic carbocycles. The van der Waals surface area contributed by atoms with Crippen LogP contribution in [-0.2, 0) is 26.1 Å². The van der Waals surface area contributed by atoms with E-state index in [0.29, 0.717) is 31.9 Å². The van der Waals surface area contributed by atoms with Crippen LogP contribution in [0.4, 0.5) is 0 Å². The van der Waals surface area contributed by atoms with Crippen LogP contribution in [0.1, 0.15) is 27.0 Å². The zero-order valence-electron chi connectivity index (χ0n) is 15.5. The van der Waals surface area contributed by atoms with Crippen molar-refractivity contribution in [2.45, 2.75) is 25.3 Å². The van der Waals surface area contributed by atoms with Gasteiger partial charge in [0.15, 0.2) is 0 Å². The maximum Gasteiger partial charge on any atom is 0.338 e. The number of sulfonamides is 1. The lowest BCUT2D eigenvalue weighted by Crippen LogP contribution is -2.40. The van der Waals surface area contributed by atoms with Crippen LogP contribution in [0.15, 0.2) is 47.4 Å². The van der Waals surface area contributed by atoms with Crippen molar-refractivity contribution < 1.29 is 22.7 Å². The molecule has 7 heteroatoms. The van der Waals surface area contributed by atoms with Crippen molar-refractivity contribution in [1.29, 1.82) is 0 Å². The Bertz CT molecular complexity index is 916. The highest BCUT2D eigenvalue weighted by Gasteiger charge is 2.27. The van der Waals surface area contributed by atoms with Gasteiger partial charge in [0.2, 0.25) is 10.0 Å². The maximum absolute atomic E-state index is 12.8. The van der Waals surface area contributed by atoms with Crippen LogP contribution < -0.4 is 0 Å². The number of nitrogens with zero attached hydrogens (tertiary/aromatic N) is 1. The zero-order chi connectivity index (χ0) is 19.4. The van der Waals surface area contributed by atoms with E-state index in [2.05, 4.69) is 0 Å². The third kappa shape index (κ3) is 4.55. The predicted molar refractivity (Wildman–Crippen MR) is 101 cm³/mol. The molecule has 3 rings (SSSR count). The summed E-state index contributed by atoms with van der Waals surface area (Å²) in [7, 11) is -3.66. The fourth-order valence-corrected chi connectivity index (χ4v) is 4.26. The van der Waals surface area contributed by atoms with E-state index >= 15 is 0 Å². The van der Waals surface area contributed by atoms with Crippen LogP contribution in [0, 0.1) is 13.8 Å². The molecule has 0 saturated carbocycles. The molecule has 0 unspecified atom stereocenters. The average molecular weight is 389 g/mol. The van der Waals surface area contributed by atoms with Crippen LogP contribution in [0.2, 0.25) is 0 Å². The number of carbonyl (C=O) groups excluding carboxylic acids is 1. The highest BCUT2D eigenvalue weighted by molar-refractivity contribution is 7.89. The van der Waals surface area contributed by atoms with Gasteiger partial charge in [0.25, 0.3) is 0 Å². The summed E-state index contributed by atoms with van der Waals surface area (Å²) in [6, 6.07) is 12.3. The Kier molecular flexibility index (Phi) is 5.94. The van der Waals surface area contributed by atoms with Gasteiger partial charge in [-0.1, -0.05) is 35.9 Å². The van der Waals surface area contributed by atoms with Gasteiger partial charge in [0.05, 0.1) is 23.7 Å². The summed E-state index contributed by atoms with van der Waals surface area (Å²) in [4.78, 5) is 12.6. The van der Waals surface area contributed by atoms with Crippen molar-refractivity contribution in [2.75, 3.05) is 26.3 Å². The van der Waals surface area contributed by atoms with Crippen LogP contribution >= 0.6 is 0 Å². The van der Waals surface area contributed by atoms with Gasteiger partial charge >= 0.3 is 5.97 Å². The van der Waals surface area contributed by atoms with Crippen molar-refractivity contribution in [3.63, 3.8) is 0 Å². The number of carbonyl (C=O) groups is 1. The van der Waals surface area contributed by atoms with E-state index in [4.69, 9.17) is 9.47 Å². The quantitative estimate of drug-likeness (QED) is 0.735. The predicted octanol–water partition coefficient (Wildman–Crippen LogP) is 2.68. The van der Waals surface area contributed by atoms with Crippen molar-refractivity contribution in [2.24, 2.45) is 0 Å². The van der Waals surface area contributed by atoms with E-state index in [1.165, 1.54) is 16.4 Å². The minimum Gasteiger partial charge on any atom is -0.457 e. The summed E-state index contributed by atoms with van der Waals surface area (Å²) in [5, 5.41) is 0. The van der Waals surface area contributed by atoms with Gasteiger partial charge in [0.1, 0.15) is 6.61 Å². The minimum atomic E-state index is -3.66. The van der Waals surface area contributed by atoms with Gasteiger partial charge in [-0.25, -0.2) is 13.2 Å². The van der Waals surface area contributed by atoms with E-state index in [1.807, 2.05) is 31.2 Å². The van der Waals surface area contributed by atoms with Crippen LogP contribution in [0.5, 0.6) is 0 Å². The molecule has 1 heterocycles. The molecule has 0 bridgehead atoms. The first-order valence-corrected chi connectivity index (χ1v) is 10.2. The Morgan fingerprint density at radius 1 is 1.07 bits per heavy atom. The van der Waals surface area contributed by atoms with Gasteiger partial charge in [-0.15, -0.1) is 0 Å². The summed E-state index contributed by atoms with van der Waals surface area (Å²) in [5.41, 5.74) is 2.94. The van der Waals surface area contributed by atoms with Crippen molar-refractivity contribution in [1.82, 2.24) is 4.31 Å². The number of morpholine rings is 1. The first kappa shape index (κ1) is 19.5. The third-order valence-electron chi connectivity index (χ3n) is 4.53. The SMILES string of the molecule is Cc1ccc(COC(=O)c2cc(S(=O)(=O)N3CCOCC3)ccc2C)cc1. The Morgan fingerprint density at radius 3 is 2.41 bits per heavy atom. The molecule has 0 radical (unpaired) electrons. The monoisotopic (exact) mass is 389 g/mol. The Balaban J connectivity index is 1.78. The first-order valence-electron chi connectivity index (χ1n) is 8.79. The van der Waals surface area contributed by atoms with Crippen LogP contribution in [0.3, 0.4) is 0 Å². The van der Waals surface area contributed by atoms with Gasteiger partial charge in [-0.05, 0) is 37.1 Å². The largest absolute Gasteiger partial charge is 0.457 e. The summed E-state index contributed by atoms with van der Waals surface area (Å²) in [6.45, 7) is 5.24. The number of ether oxygens (including phenoxy) is 2. The number of esters is 1. The molecule has 0 amide bonds. The van der Waals surface area contributed by atoms with Gasteiger partial charge < -0.3 is 9.47 Å². The molecule has 1 aliphatic heterocycles. The second-order valence-electron chi connectivity index (χ2n) is 6.55. The van der Waals surface area contributed by atoms with Gasteiger partial charge in [-0.3, -0.25) is 0 Å². The van der Waals surface area contributed by atoms with Gasteiger partial charge in [-0.2, -0.15) is 4.31 Å². The van der Waals surface area contributed by atoms with Crippen molar-refractivity contribution in [3.8, 4) is 0 Å². The summed E-state index contributed by atoms with van der Waals surface area (Å²) >= 11 is 0. The summed E-state index contributed by atoms with van der Waals surface area (Å²) in [6.07, 6.45) is 0. The molecule has 1 aliphatic rings. The van der Waals surface area contributed by atoms with Crippen molar-refractivity contribution >= 4 is 16.0 Å². The molecule has 1 saturated heterocycles. The molecular formula is C20H23NO5S. The topological polar surface area (TPSA) is 72.9 Å². The lowest BCUT2D eigenvalue weighted by atomic mass is 10.1. The van der Waals surface area contributed by atoms with E-state index in [1.54, 1.807) is 13.0 Å². The molecular weight excluding hydrogens is 366 g/mol. The Hall–Kier alpha value is -2.22. The molecule has 144 valence electrons. The molecule has 2 aromatic rings. The van der Waals surface area contributed by atoms with E-state index in [-0.39, 0.29) is 17.1 Å². The maximum atomic E-state index is 12.8. The molecule has 1 fully saturated rings. The number of rotatable bonds is 5. The second kappa shape index (κ2) is 8.21. The summed E-state index contributed by atoms with van der Waals surface area (Å²) < 4.78 is 37.6. The Labute approximate surface area is 159 Å². The molecule has 0 aliphatic carbocycles. The van der Waals surface area contributed by atoms with E-state index in [9.17, 15) is 13.2 Å². The first-order chi connectivity index (χ1) is 12.9. The molecule has 0 aromatic heterocycles. The highest BCUT2D eigenvalue weighted by atomic mass is 32.2. The fraction of sp³-hybridized carbons (Fsp3) is 0.350. The molecule has 0 N–H and O–H groups in total. The van der Waals surface area contributed by atoms with E-state index in [0.717, 1.165) is 11.1 Å². The van der Waals surface area contributed by atoms with Crippen LogP contribution in [0.25, 0.3) is 0 Å². The number of benzene rings is 2. The molecule has 0 spiro atoms. The van der Waals surface area contributed by atoms with E-state index < -0.39 is 16.0 Å². The normalized spacial score (nSPS) is 15.5. The Morgan fingerprint density at radius 2 is 1.74 bits per heavy atom. The minimum absolute atomic E-state index is 0.0947. The second-order valence-corrected chi connectivity index (χ2v) is 8.49. The smallest absolute Gasteiger partial charge is 0.338 e. The highest BCUT2D eigenvalue weighted by Crippen LogP contribution is 2.21. The molecule has 6 nitrogen and oxygen atoms in total. The lowest BCUT2D eigenvalue weighted by Gasteiger charge is -2.26. The number of hydrogen-bond acceptors (Lipinski definition) is 5. The van der Waals surface area contributed by atoms with Crippen LogP contribution in [-0.4, -0.2) is 45.0 Å². The third-order valence-corrected chi connectivity index (χ3v) is 6.42. The zero-order valence-corrected chi connectivity index (χ0v) is 16.3. The van der Waals surface area contributed by atoms with Crippen molar-refractivity contribution in [3.05, 3.63) is 64.7 Å².